The molecule has 0 fully saturated rings. The minimum Gasteiger partial charge on any atom is -0.480 e. The SMILES string of the molecule is CC[C@@H](NC(=O)c1ccsc1)C(=O)O. The Morgan fingerprint density at radius 1 is 1.64 bits per heavy atom. The van der Waals surface area contributed by atoms with Crippen LogP contribution in [0, 0.1) is 0 Å². The summed E-state index contributed by atoms with van der Waals surface area (Å²) in [5.41, 5.74) is 0.509. The van der Waals surface area contributed by atoms with E-state index >= 15 is 0 Å². The maximum Gasteiger partial charge on any atom is 0.326 e. The molecule has 0 saturated carbocycles. The van der Waals surface area contributed by atoms with Gasteiger partial charge in [0.2, 0.25) is 0 Å². The summed E-state index contributed by atoms with van der Waals surface area (Å²) in [4.78, 5) is 22.0. The minimum atomic E-state index is -1.00. The van der Waals surface area contributed by atoms with Crippen LogP contribution in [-0.2, 0) is 4.79 Å². The van der Waals surface area contributed by atoms with Gasteiger partial charge in [0.25, 0.3) is 5.91 Å². The van der Waals surface area contributed by atoms with E-state index in [9.17, 15) is 9.59 Å². The summed E-state index contributed by atoms with van der Waals surface area (Å²) in [7, 11) is 0. The standard InChI is InChI=1S/C9H11NO3S/c1-2-7(9(12)13)10-8(11)6-3-4-14-5-6/h3-5,7H,2H2,1H3,(H,10,11)(H,12,13)/t7-/m1/s1. The third-order valence-corrected chi connectivity index (χ3v) is 2.48. The van der Waals surface area contributed by atoms with Gasteiger partial charge in [-0.15, -0.1) is 0 Å². The first-order valence-corrected chi connectivity index (χ1v) is 5.15. The van der Waals surface area contributed by atoms with Crippen LogP contribution in [0.3, 0.4) is 0 Å². The lowest BCUT2D eigenvalue weighted by molar-refractivity contribution is -0.139. The predicted octanol–water partition coefficient (Wildman–Crippen LogP) is 1.34. The fourth-order valence-electron chi connectivity index (χ4n) is 0.974. The van der Waals surface area contributed by atoms with E-state index in [4.69, 9.17) is 5.11 Å². The molecule has 14 heavy (non-hydrogen) atoms. The Hall–Kier alpha value is -1.36. The number of amides is 1. The zero-order chi connectivity index (χ0) is 10.6. The molecule has 1 aromatic heterocycles. The molecule has 4 nitrogen and oxygen atoms in total. The Bertz CT molecular complexity index is 321. The van der Waals surface area contributed by atoms with Gasteiger partial charge in [0.05, 0.1) is 5.56 Å². The average Bonchev–Trinajstić information content (AvgIpc) is 2.65. The van der Waals surface area contributed by atoms with Crippen LogP contribution in [-0.4, -0.2) is 23.0 Å². The molecule has 0 radical (unpaired) electrons. The van der Waals surface area contributed by atoms with E-state index in [-0.39, 0.29) is 5.91 Å². The number of hydrogen-bond acceptors (Lipinski definition) is 3. The van der Waals surface area contributed by atoms with Crippen LogP contribution in [0.25, 0.3) is 0 Å². The molecule has 0 saturated heterocycles. The first kappa shape index (κ1) is 10.7. The van der Waals surface area contributed by atoms with Gasteiger partial charge in [-0.1, -0.05) is 6.92 Å². The van der Waals surface area contributed by atoms with Gasteiger partial charge in [-0.25, -0.2) is 4.79 Å². The third kappa shape index (κ3) is 2.56. The molecular formula is C9H11NO3S. The van der Waals surface area contributed by atoms with E-state index in [0.29, 0.717) is 12.0 Å². The van der Waals surface area contributed by atoms with Crippen molar-refractivity contribution in [2.24, 2.45) is 0 Å². The van der Waals surface area contributed by atoms with Gasteiger partial charge in [0, 0.05) is 5.38 Å². The van der Waals surface area contributed by atoms with Gasteiger partial charge in [-0.2, -0.15) is 11.3 Å². The third-order valence-electron chi connectivity index (χ3n) is 1.80. The smallest absolute Gasteiger partial charge is 0.326 e. The topological polar surface area (TPSA) is 66.4 Å². The molecule has 0 aliphatic carbocycles. The number of carbonyl (C=O) groups excluding carboxylic acids is 1. The number of carboxylic acid groups (broad SMARTS) is 1. The highest BCUT2D eigenvalue weighted by molar-refractivity contribution is 7.08. The molecule has 76 valence electrons. The van der Waals surface area contributed by atoms with Crippen molar-refractivity contribution in [1.82, 2.24) is 5.32 Å². The lowest BCUT2D eigenvalue weighted by Gasteiger charge is -2.10. The normalized spacial score (nSPS) is 12.1. The van der Waals surface area contributed by atoms with Crippen molar-refractivity contribution in [1.29, 1.82) is 0 Å². The molecule has 1 amide bonds. The van der Waals surface area contributed by atoms with Gasteiger partial charge in [-0.3, -0.25) is 4.79 Å². The van der Waals surface area contributed by atoms with E-state index in [0.717, 1.165) is 0 Å². The molecule has 0 unspecified atom stereocenters. The second kappa shape index (κ2) is 4.76. The van der Waals surface area contributed by atoms with Gasteiger partial charge in [0.15, 0.2) is 0 Å². The second-order valence-electron chi connectivity index (χ2n) is 2.78. The number of carbonyl (C=O) groups is 2. The summed E-state index contributed by atoms with van der Waals surface area (Å²) < 4.78 is 0. The summed E-state index contributed by atoms with van der Waals surface area (Å²) in [6, 6.07) is 0.858. The lowest BCUT2D eigenvalue weighted by Crippen LogP contribution is -2.40. The van der Waals surface area contributed by atoms with Crippen LogP contribution >= 0.6 is 11.3 Å². The van der Waals surface area contributed by atoms with Crippen LogP contribution in [0.15, 0.2) is 16.8 Å². The van der Waals surface area contributed by atoms with Crippen molar-refractivity contribution in [3.63, 3.8) is 0 Å². The molecular weight excluding hydrogens is 202 g/mol. The van der Waals surface area contributed by atoms with Crippen LogP contribution in [0.5, 0.6) is 0 Å². The Balaban J connectivity index is 2.60. The monoisotopic (exact) mass is 213 g/mol. The number of aliphatic carboxylic acids is 1. The number of rotatable bonds is 4. The molecule has 0 spiro atoms. The van der Waals surface area contributed by atoms with E-state index in [1.54, 1.807) is 23.8 Å². The Morgan fingerprint density at radius 3 is 2.79 bits per heavy atom. The molecule has 0 aromatic carbocycles. The van der Waals surface area contributed by atoms with Crippen molar-refractivity contribution in [2.45, 2.75) is 19.4 Å². The van der Waals surface area contributed by atoms with E-state index in [1.807, 2.05) is 0 Å². The maximum atomic E-state index is 11.4. The summed E-state index contributed by atoms with van der Waals surface area (Å²) in [6.45, 7) is 1.71. The quantitative estimate of drug-likeness (QED) is 0.793. The maximum absolute atomic E-state index is 11.4. The zero-order valence-corrected chi connectivity index (χ0v) is 8.50. The molecule has 5 heteroatoms. The largest absolute Gasteiger partial charge is 0.480 e. The number of thiophene rings is 1. The van der Waals surface area contributed by atoms with E-state index < -0.39 is 12.0 Å². The van der Waals surface area contributed by atoms with Crippen molar-refractivity contribution in [3.05, 3.63) is 22.4 Å². The zero-order valence-electron chi connectivity index (χ0n) is 7.69. The van der Waals surface area contributed by atoms with Gasteiger partial charge in [-0.05, 0) is 17.9 Å². The summed E-state index contributed by atoms with van der Waals surface area (Å²) >= 11 is 1.40. The fourth-order valence-corrected chi connectivity index (χ4v) is 1.61. The van der Waals surface area contributed by atoms with Crippen LogP contribution in [0.4, 0.5) is 0 Å². The van der Waals surface area contributed by atoms with Gasteiger partial charge >= 0.3 is 5.97 Å². The second-order valence-corrected chi connectivity index (χ2v) is 3.56. The highest BCUT2D eigenvalue weighted by atomic mass is 32.1. The Kier molecular flexibility index (Phi) is 3.64. The molecule has 1 atom stereocenters. The average molecular weight is 213 g/mol. The predicted molar refractivity (Wildman–Crippen MR) is 53.5 cm³/mol. The van der Waals surface area contributed by atoms with Gasteiger partial charge < -0.3 is 10.4 Å². The summed E-state index contributed by atoms with van der Waals surface area (Å²) in [6.07, 6.45) is 0.380. The van der Waals surface area contributed by atoms with Crippen LogP contribution in [0.1, 0.15) is 23.7 Å². The number of hydrogen-bond donors (Lipinski definition) is 2. The molecule has 0 aliphatic rings. The van der Waals surface area contributed by atoms with E-state index in [1.165, 1.54) is 11.3 Å². The Labute approximate surface area is 85.6 Å². The van der Waals surface area contributed by atoms with Crippen molar-refractivity contribution < 1.29 is 14.7 Å². The van der Waals surface area contributed by atoms with E-state index in [2.05, 4.69) is 5.32 Å². The molecule has 1 rings (SSSR count). The molecule has 0 aliphatic heterocycles. The molecule has 1 heterocycles. The summed E-state index contributed by atoms with van der Waals surface area (Å²) in [5, 5.41) is 14.6. The molecule has 1 aromatic rings. The van der Waals surface area contributed by atoms with Crippen LogP contribution in [0.2, 0.25) is 0 Å². The van der Waals surface area contributed by atoms with Crippen molar-refractivity contribution >= 4 is 23.2 Å². The molecule has 2 N–H and O–H groups in total. The lowest BCUT2D eigenvalue weighted by atomic mass is 10.2. The highest BCUT2D eigenvalue weighted by Crippen LogP contribution is 2.06. The summed E-state index contributed by atoms with van der Waals surface area (Å²) in [5.74, 6) is -1.34. The Morgan fingerprint density at radius 2 is 2.36 bits per heavy atom. The number of carboxylic acids is 1. The van der Waals surface area contributed by atoms with Crippen LogP contribution < -0.4 is 5.32 Å². The van der Waals surface area contributed by atoms with Crippen molar-refractivity contribution in [2.75, 3.05) is 0 Å². The van der Waals surface area contributed by atoms with Gasteiger partial charge in [0.1, 0.15) is 6.04 Å². The van der Waals surface area contributed by atoms with Crippen molar-refractivity contribution in [3.8, 4) is 0 Å². The first-order chi connectivity index (χ1) is 6.65. The fraction of sp³-hybridized carbons (Fsp3) is 0.333. The number of nitrogens with one attached hydrogen (secondary N) is 1. The minimum absolute atomic E-state index is 0.333. The highest BCUT2D eigenvalue weighted by Gasteiger charge is 2.18. The molecule has 0 bridgehead atoms. The first-order valence-electron chi connectivity index (χ1n) is 4.21.